The molecule has 0 radical (unpaired) electrons. The molecule has 324 valence electrons. The van der Waals surface area contributed by atoms with Crippen LogP contribution in [0, 0.1) is 6.92 Å². The van der Waals surface area contributed by atoms with E-state index in [-0.39, 0.29) is 40.4 Å². The number of sulfonamides is 1. The Kier molecular flexibility index (Phi) is 15.2. The summed E-state index contributed by atoms with van der Waals surface area (Å²) in [7, 11) is -3.05. The molecule has 8 rings (SSSR count). The van der Waals surface area contributed by atoms with Gasteiger partial charge in [-0.25, -0.2) is 8.42 Å². The van der Waals surface area contributed by atoms with E-state index in [9.17, 15) is 0 Å². The van der Waals surface area contributed by atoms with Gasteiger partial charge in [-0.3, -0.25) is 0 Å². The summed E-state index contributed by atoms with van der Waals surface area (Å²) >= 11 is 0. The summed E-state index contributed by atoms with van der Waals surface area (Å²) in [4.78, 5) is 2.64. The number of nitrogens with zero attached hydrogens (tertiary/aromatic N) is 2. The van der Waals surface area contributed by atoms with Gasteiger partial charge in [-0.05, 0) is 104 Å². The van der Waals surface area contributed by atoms with E-state index in [1.54, 1.807) is 30.7 Å². The van der Waals surface area contributed by atoms with Crippen molar-refractivity contribution < 1.29 is 44.3 Å². The molecule has 1 fully saturated rings. The van der Waals surface area contributed by atoms with Crippen LogP contribution in [0.3, 0.4) is 0 Å². The number of hydrogen-bond donors (Lipinski definition) is 0. The van der Waals surface area contributed by atoms with E-state index in [0.29, 0.717) is 32.4 Å². The van der Waals surface area contributed by atoms with Crippen LogP contribution in [0.5, 0.6) is 11.5 Å². The molecular weight excluding hydrogens is 880 g/mol. The maximum absolute atomic E-state index is 15.3. The van der Waals surface area contributed by atoms with Crippen molar-refractivity contribution in [2.45, 2.75) is 49.3 Å². The highest BCUT2D eigenvalue weighted by Gasteiger charge is 2.52. The summed E-state index contributed by atoms with van der Waals surface area (Å²) in [5.41, 5.74) is 4.15. The lowest BCUT2D eigenvalue weighted by Crippen LogP contribution is -3.00. The Morgan fingerprint density at radius 2 is 1.37 bits per heavy atom. The van der Waals surface area contributed by atoms with Crippen LogP contribution >= 0.6 is 7.26 Å². The van der Waals surface area contributed by atoms with Crippen molar-refractivity contribution in [3.63, 3.8) is 0 Å². The van der Waals surface area contributed by atoms with Gasteiger partial charge in [-0.2, -0.15) is 4.31 Å². The van der Waals surface area contributed by atoms with Gasteiger partial charge in [0, 0.05) is 32.7 Å². The molecule has 1 saturated heterocycles. The maximum Gasteiger partial charge on any atom is 0.243 e. The molecule has 2 aliphatic heterocycles. The Labute approximate surface area is 379 Å². The van der Waals surface area contributed by atoms with Crippen LogP contribution in [0.2, 0.25) is 0 Å². The van der Waals surface area contributed by atoms with Gasteiger partial charge in [-0.1, -0.05) is 90.5 Å². The molecule has 0 N–H and O–H groups in total. The van der Waals surface area contributed by atoms with Gasteiger partial charge < -0.3 is 40.8 Å². The Morgan fingerprint density at radius 3 is 1.95 bits per heavy atom. The number of rotatable bonds is 16. The van der Waals surface area contributed by atoms with Crippen molar-refractivity contribution in [3.05, 3.63) is 174 Å². The first-order valence-electron chi connectivity index (χ1n) is 21.2. The molecular formula is C51H56BrN2O6PS. The number of halogens is 1. The van der Waals surface area contributed by atoms with Crippen LogP contribution in [-0.4, -0.2) is 78.1 Å². The third-order valence-electron chi connectivity index (χ3n) is 12.2. The zero-order valence-corrected chi connectivity index (χ0v) is 39.0. The number of anilines is 1. The van der Waals surface area contributed by atoms with Gasteiger partial charge in [0.15, 0.2) is 0 Å². The normalized spacial score (nSPS) is 18.0. The van der Waals surface area contributed by atoms with E-state index in [0.717, 1.165) is 53.4 Å². The average Bonchev–Trinajstić information content (AvgIpc) is 3.31. The standard InChI is InChI=1S/C51H56N2O6PS.BrH/c1-39-20-27-47(28-21-39)61(54,55)53-36-51(59-37-40-22-29-50-49(34-40)52(31-33-58-50)30-13-32-56-2)48(41-23-25-43(57-3)26-24-41)35-42(53)38-60(44-14-7-4-8-15-44,45-16-9-5-10-17-45)46-18-11-6-12-19-46;/h4-12,14-29,34,42,48,51H,13,30-33,35-38H2,1-3H3;1H/q+1;/p-1/t42-,48+,51-;/m0./s1. The predicted octanol–water partition coefficient (Wildman–Crippen LogP) is 5.37. The number of aryl methyl sites for hydroxylation is 1. The smallest absolute Gasteiger partial charge is 0.243 e. The molecule has 0 spiro atoms. The van der Waals surface area contributed by atoms with E-state index in [1.165, 1.54) is 15.9 Å². The number of fused-ring (bicyclic) bond motifs is 1. The highest BCUT2D eigenvalue weighted by Crippen LogP contribution is 2.58. The maximum atomic E-state index is 15.3. The average molecular weight is 936 g/mol. The Balaban J connectivity index is 0.00000578. The fourth-order valence-corrected chi connectivity index (χ4v) is 15.4. The minimum absolute atomic E-state index is 0. The molecule has 3 atom stereocenters. The summed E-state index contributed by atoms with van der Waals surface area (Å²) in [5.74, 6) is 1.52. The highest BCUT2D eigenvalue weighted by molar-refractivity contribution is 7.95. The number of ether oxygens (including phenoxy) is 4. The molecule has 11 heteroatoms. The van der Waals surface area contributed by atoms with Crippen molar-refractivity contribution in [1.29, 1.82) is 0 Å². The minimum Gasteiger partial charge on any atom is -1.00 e. The Bertz CT molecular complexity index is 2350. The van der Waals surface area contributed by atoms with Crippen LogP contribution in [0.4, 0.5) is 5.69 Å². The van der Waals surface area contributed by atoms with Gasteiger partial charge in [-0.15, -0.1) is 0 Å². The molecule has 62 heavy (non-hydrogen) atoms. The number of methoxy groups -OCH3 is 2. The van der Waals surface area contributed by atoms with Crippen molar-refractivity contribution in [3.8, 4) is 11.5 Å². The summed E-state index contributed by atoms with van der Waals surface area (Å²) in [6, 6.07) is 53.5. The third-order valence-corrected chi connectivity index (χ3v) is 18.7. The van der Waals surface area contributed by atoms with Crippen molar-refractivity contribution in [2.75, 3.05) is 58.1 Å². The molecule has 0 aliphatic carbocycles. The second-order valence-electron chi connectivity index (χ2n) is 16.0. The topological polar surface area (TPSA) is 77.5 Å². The number of hydrogen-bond acceptors (Lipinski definition) is 7. The molecule has 6 aromatic carbocycles. The molecule has 0 unspecified atom stereocenters. The van der Waals surface area contributed by atoms with Gasteiger partial charge in [0.25, 0.3) is 0 Å². The minimum atomic E-state index is -3.99. The lowest BCUT2D eigenvalue weighted by molar-refractivity contribution is -0.0171. The summed E-state index contributed by atoms with van der Waals surface area (Å²) in [6.45, 7) is 5.47. The van der Waals surface area contributed by atoms with Gasteiger partial charge in [0.05, 0.1) is 49.2 Å². The molecule has 0 amide bonds. The van der Waals surface area contributed by atoms with Crippen molar-refractivity contribution >= 4 is 38.9 Å². The second-order valence-corrected chi connectivity index (χ2v) is 21.4. The first-order chi connectivity index (χ1) is 29.8. The van der Waals surface area contributed by atoms with E-state index in [2.05, 4.69) is 120 Å². The molecule has 6 aromatic rings. The largest absolute Gasteiger partial charge is 1.00 e. The van der Waals surface area contributed by atoms with Crippen LogP contribution in [0.1, 0.15) is 35.4 Å². The van der Waals surface area contributed by atoms with Crippen LogP contribution < -0.4 is 47.3 Å². The number of benzene rings is 6. The zero-order valence-electron chi connectivity index (χ0n) is 35.7. The molecule has 0 saturated carbocycles. The third kappa shape index (κ3) is 9.81. The van der Waals surface area contributed by atoms with Gasteiger partial charge in [0.2, 0.25) is 10.0 Å². The summed E-state index contributed by atoms with van der Waals surface area (Å²) in [6.07, 6.45) is 1.63. The van der Waals surface area contributed by atoms with Gasteiger partial charge >= 0.3 is 0 Å². The van der Waals surface area contributed by atoms with E-state index >= 15 is 8.42 Å². The lowest BCUT2D eigenvalue weighted by Gasteiger charge is -2.44. The molecule has 8 nitrogen and oxygen atoms in total. The predicted molar refractivity (Wildman–Crippen MR) is 248 cm³/mol. The molecule has 0 bridgehead atoms. The second kappa shape index (κ2) is 20.8. The van der Waals surface area contributed by atoms with Crippen LogP contribution in [0.15, 0.2) is 163 Å². The van der Waals surface area contributed by atoms with Crippen LogP contribution in [0.25, 0.3) is 0 Å². The van der Waals surface area contributed by atoms with Gasteiger partial charge in [0.1, 0.15) is 41.3 Å². The van der Waals surface area contributed by atoms with Crippen molar-refractivity contribution in [2.24, 2.45) is 0 Å². The van der Waals surface area contributed by atoms with Crippen molar-refractivity contribution in [1.82, 2.24) is 4.31 Å². The molecule has 0 aromatic heterocycles. The number of piperidine rings is 1. The fourth-order valence-electron chi connectivity index (χ4n) is 9.06. The van der Waals surface area contributed by atoms with E-state index in [1.807, 2.05) is 37.3 Å². The zero-order chi connectivity index (χ0) is 42.2. The monoisotopic (exact) mass is 934 g/mol. The first-order valence-corrected chi connectivity index (χ1v) is 24.6. The quantitative estimate of drug-likeness (QED) is 0.0956. The first kappa shape index (κ1) is 45.5. The van der Waals surface area contributed by atoms with Crippen LogP contribution in [-0.2, 0) is 26.1 Å². The Hall–Kier alpha value is -4.54. The summed E-state index contributed by atoms with van der Waals surface area (Å²) in [5, 5.41) is 3.64. The molecule has 2 aliphatic rings. The fraction of sp³-hybridized carbons (Fsp3) is 0.294. The molecule has 2 heterocycles. The Morgan fingerprint density at radius 1 is 0.758 bits per heavy atom. The van der Waals surface area contributed by atoms with E-state index < -0.39 is 23.4 Å². The lowest BCUT2D eigenvalue weighted by atomic mass is 9.84. The summed E-state index contributed by atoms with van der Waals surface area (Å²) < 4.78 is 56.4. The highest BCUT2D eigenvalue weighted by atomic mass is 79.9. The SMILES string of the molecule is COCCCN1CCOc2ccc(CO[C@H]3CN(S(=O)(=O)c4ccc(C)cc4)[C@H](C[P+](c4ccccc4)(c4ccccc4)c4ccccc4)C[C@@H]3c3ccc(OC)cc3)cc21.[Br-]. The van der Waals surface area contributed by atoms with E-state index in [4.69, 9.17) is 18.9 Å².